The number of aryl methyl sites for hydroxylation is 1. The van der Waals surface area contributed by atoms with E-state index in [-0.39, 0.29) is 17.6 Å². The smallest absolute Gasteiger partial charge is 0.280 e. The van der Waals surface area contributed by atoms with Crippen molar-refractivity contribution in [2.75, 3.05) is 10.2 Å². The fourth-order valence-electron chi connectivity index (χ4n) is 4.60. The third-order valence-corrected chi connectivity index (χ3v) is 6.78. The number of aromatic nitrogens is 1. The van der Waals surface area contributed by atoms with Gasteiger partial charge in [-0.05, 0) is 73.2 Å². The zero-order chi connectivity index (χ0) is 26.8. The lowest BCUT2D eigenvalue weighted by Crippen LogP contribution is -2.29. The van der Waals surface area contributed by atoms with Crippen molar-refractivity contribution >= 4 is 40.3 Å². The Morgan fingerprint density at radius 1 is 1.16 bits per heavy atom. The van der Waals surface area contributed by atoms with Gasteiger partial charge in [0.1, 0.15) is 17.6 Å². The average Bonchev–Trinajstić information content (AvgIpc) is 3.54. The number of para-hydroxylation sites is 1. The lowest BCUT2D eigenvalue weighted by atomic mass is 10.0. The van der Waals surface area contributed by atoms with E-state index in [4.69, 9.17) is 16.6 Å². The van der Waals surface area contributed by atoms with Crippen LogP contribution in [0.5, 0.6) is 0 Å². The molecule has 0 aliphatic carbocycles. The zero-order valence-electron chi connectivity index (χ0n) is 20.8. The quantitative estimate of drug-likeness (QED) is 0.169. The molecule has 9 nitrogen and oxygen atoms in total. The lowest BCUT2D eigenvalue weighted by molar-refractivity contribution is -0.384. The Kier molecular flexibility index (Phi) is 6.89. The Balaban J connectivity index is 1.58. The summed E-state index contributed by atoms with van der Waals surface area (Å²) in [5, 5.41) is 18.4. The highest BCUT2D eigenvalue weighted by Crippen LogP contribution is 2.44. The topological polar surface area (TPSA) is 114 Å². The SMILES string of the molecule is CCC(=O)Nc1ccc(N2C(=S)NC(c3ccccn3)C2c2ccc(-c3ccccc3[N+](=O)[O-])o2)cc1C. The highest BCUT2D eigenvalue weighted by atomic mass is 32.1. The molecule has 2 N–H and O–H groups in total. The summed E-state index contributed by atoms with van der Waals surface area (Å²) in [5.41, 5.74) is 3.55. The summed E-state index contributed by atoms with van der Waals surface area (Å²) >= 11 is 5.78. The molecule has 0 bridgehead atoms. The van der Waals surface area contributed by atoms with E-state index in [1.54, 1.807) is 37.4 Å². The number of nitrogens with zero attached hydrogens (tertiary/aromatic N) is 3. The van der Waals surface area contributed by atoms with Gasteiger partial charge in [-0.2, -0.15) is 0 Å². The molecule has 0 saturated carbocycles. The van der Waals surface area contributed by atoms with Crippen LogP contribution >= 0.6 is 12.2 Å². The zero-order valence-corrected chi connectivity index (χ0v) is 21.6. The molecule has 2 aromatic carbocycles. The van der Waals surface area contributed by atoms with Crippen LogP contribution in [0.3, 0.4) is 0 Å². The van der Waals surface area contributed by atoms with E-state index in [0.29, 0.717) is 28.6 Å². The van der Waals surface area contributed by atoms with Crippen molar-refractivity contribution in [2.24, 2.45) is 0 Å². The number of nitrogens with one attached hydrogen (secondary N) is 2. The highest BCUT2D eigenvalue weighted by Gasteiger charge is 2.42. The minimum atomic E-state index is -0.426. The molecular weight excluding hydrogens is 502 g/mol. The second-order valence-corrected chi connectivity index (χ2v) is 9.26. The summed E-state index contributed by atoms with van der Waals surface area (Å²) in [7, 11) is 0. The highest BCUT2D eigenvalue weighted by molar-refractivity contribution is 7.80. The standard InChI is InChI=1S/C28H25N5O4S/c1-3-25(34)30-20-12-11-18(16-17(20)2)32-27(26(31-28(32)38)21-9-6-7-15-29-21)24-14-13-23(37-24)19-8-4-5-10-22(19)33(35)36/h4-16,26-27H,3H2,1-2H3,(H,30,34)(H,31,38). The number of furan rings is 1. The van der Waals surface area contributed by atoms with Crippen LogP contribution in [-0.4, -0.2) is 20.9 Å². The molecule has 1 aliphatic rings. The Bertz CT molecular complexity index is 1520. The predicted octanol–water partition coefficient (Wildman–Crippen LogP) is 6.08. The maximum absolute atomic E-state index is 11.9. The number of rotatable bonds is 7. The first-order valence-corrected chi connectivity index (χ1v) is 12.5. The number of nitro groups is 1. The number of carbonyl (C=O) groups excluding carboxylic acids is 1. The molecule has 1 saturated heterocycles. The molecule has 2 aromatic heterocycles. The van der Waals surface area contributed by atoms with Gasteiger partial charge < -0.3 is 20.0 Å². The Hall–Kier alpha value is -4.57. The predicted molar refractivity (Wildman–Crippen MR) is 149 cm³/mol. The number of hydrogen-bond donors (Lipinski definition) is 2. The molecule has 0 spiro atoms. The summed E-state index contributed by atoms with van der Waals surface area (Å²) in [6.07, 6.45) is 2.10. The molecule has 192 valence electrons. The fraction of sp³-hybridized carbons (Fsp3) is 0.179. The third kappa shape index (κ3) is 4.73. The number of amides is 1. The molecule has 5 rings (SSSR count). The van der Waals surface area contributed by atoms with Crippen molar-refractivity contribution in [2.45, 2.75) is 32.4 Å². The number of anilines is 2. The first-order chi connectivity index (χ1) is 18.4. The number of nitro benzene ring substituents is 1. The van der Waals surface area contributed by atoms with E-state index >= 15 is 0 Å². The molecule has 1 amide bonds. The minimum absolute atomic E-state index is 0.0352. The summed E-state index contributed by atoms with van der Waals surface area (Å²) in [5.74, 6) is 0.895. The van der Waals surface area contributed by atoms with Gasteiger partial charge in [0.2, 0.25) is 5.91 Å². The van der Waals surface area contributed by atoms with Crippen LogP contribution < -0.4 is 15.5 Å². The molecule has 1 fully saturated rings. The van der Waals surface area contributed by atoms with Gasteiger partial charge in [-0.25, -0.2) is 0 Å². The molecule has 1 aliphatic heterocycles. The van der Waals surface area contributed by atoms with Crippen LogP contribution in [0.15, 0.2) is 83.4 Å². The van der Waals surface area contributed by atoms with Crippen LogP contribution in [0.25, 0.3) is 11.3 Å². The van der Waals surface area contributed by atoms with Gasteiger partial charge in [0.05, 0.1) is 22.2 Å². The Labute approximate surface area is 224 Å². The van der Waals surface area contributed by atoms with Crippen molar-refractivity contribution in [1.82, 2.24) is 10.3 Å². The molecule has 38 heavy (non-hydrogen) atoms. The monoisotopic (exact) mass is 527 g/mol. The molecule has 2 atom stereocenters. The van der Waals surface area contributed by atoms with Gasteiger partial charge in [0.25, 0.3) is 5.69 Å². The van der Waals surface area contributed by atoms with Gasteiger partial charge in [0.15, 0.2) is 5.11 Å². The Morgan fingerprint density at radius 3 is 2.66 bits per heavy atom. The normalized spacial score (nSPS) is 16.8. The number of hydrogen-bond acceptors (Lipinski definition) is 6. The maximum atomic E-state index is 11.9. The van der Waals surface area contributed by atoms with E-state index in [9.17, 15) is 14.9 Å². The van der Waals surface area contributed by atoms with Crippen molar-refractivity contribution in [3.05, 3.63) is 106 Å². The van der Waals surface area contributed by atoms with E-state index < -0.39 is 11.0 Å². The Morgan fingerprint density at radius 2 is 1.95 bits per heavy atom. The van der Waals surface area contributed by atoms with E-state index in [0.717, 1.165) is 22.6 Å². The molecule has 10 heteroatoms. The second-order valence-electron chi connectivity index (χ2n) is 8.87. The van der Waals surface area contributed by atoms with Crippen molar-refractivity contribution in [3.63, 3.8) is 0 Å². The summed E-state index contributed by atoms with van der Waals surface area (Å²) in [6, 6.07) is 20.6. The molecule has 4 aromatic rings. The largest absolute Gasteiger partial charge is 0.459 e. The maximum Gasteiger partial charge on any atom is 0.280 e. The van der Waals surface area contributed by atoms with E-state index in [1.165, 1.54) is 6.07 Å². The molecular formula is C28H25N5O4S. The molecule has 3 heterocycles. The van der Waals surface area contributed by atoms with Crippen LogP contribution in [0, 0.1) is 17.0 Å². The van der Waals surface area contributed by atoms with Crippen LogP contribution in [-0.2, 0) is 4.79 Å². The van der Waals surface area contributed by atoms with Gasteiger partial charge in [-0.1, -0.05) is 25.1 Å². The molecule has 2 unspecified atom stereocenters. The first-order valence-electron chi connectivity index (χ1n) is 12.1. The van der Waals surface area contributed by atoms with Gasteiger partial charge >= 0.3 is 0 Å². The second kappa shape index (κ2) is 10.4. The lowest BCUT2D eigenvalue weighted by Gasteiger charge is -2.26. The van der Waals surface area contributed by atoms with Crippen molar-refractivity contribution < 1.29 is 14.1 Å². The first kappa shape index (κ1) is 25.1. The third-order valence-electron chi connectivity index (χ3n) is 6.47. The minimum Gasteiger partial charge on any atom is -0.459 e. The van der Waals surface area contributed by atoms with Gasteiger partial charge in [0, 0.05) is 30.1 Å². The number of carbonyl (C=O) groups is 1. The van der Waals surface area contributed by atoms with E-state index in [2.05, 4.69) is 15.6 Å². The van der Waals surface area contributed by atoms with Gasteiger partial charge in [-0.15, -0.1) is 0 Å². The van der Waals surface area contributed by atoms with Crippen LogP contribution in [0.4, 0.5) is 17.1 Å². The van der Waals surface area contributed by atoms with Gasteiger partial charge in [-0.3, -0.25) is 19.9 Å². The summed E-state index contributed by atoms with van der Waals surface area (Å²) in [4.78, 5) is 29.6. The van der Waals surface area contributed by atoms with Crippen LogP contribution in [0.2, 0.25) is 0 Å². The van der Waals surface area contributed by atoms with Crippen molar-refractivity contribution in [1.29, 1.82) is 0 Å². The van der Waals surface area contributed by atoms with E-state index in [1.807, 2.05) is 54.3 Å². The number of pyridine rings is 1. The fourth-order valence-corrected chi connectivity index (χ4v) is 4.94. The summed E-state index contributed by atoms with van der Waals surface area (Å²) < 4.78 is 6.29. The molecule has 0 radical (unpaired) electrons. The number of thiocarbonyl (C=S) groups is 1. The summed E-state index contributed by atoms with van der Waals surface area (Å²) in [6.45, 7) is 3.73. The number of benzene rings is 2. The average molecular weight is 528 g/mol. The van der Waals surface area contributed by atoms with Crippen LogP contribution in [0.1, 0.15) is 42.4 Å². The van der Waals surface area contributed by atoms with Crippen molar-refractivity contribution in [3.8, 4) is 11.3 Å².